The van der Waals surface area contributed by atoms with Gasteiger partial charge >= 0.3 is 0 Å². The normalized spacial score (nSPS) is 12.0. The third-order valence-corrected chi connectivity index (χ3v) is 3.30. The van der Waals surface area contributed by atoms with Crippen molar-refractivity contribution >= 4 is 11.6 Å². The summed E-state index contributed by atoms with van der Waals surface area (Å²) in [7, 11) is 0. The highest BCUT2D eigenvalue weighted by atomic mass is 19.1. The average Bonchev–Trinajstić information content (AvgIpc) is 2.47. The Morgan fingerprint density at radius 3 is 2.50 bits per heavy atom. The highest BCUT2D eigenvalue weighted by Crippen LogP contribution is 2.21. The van der Waals surface area contributed by atoms with Gasteiger partial charge in [-0.1, -0.05) is 32.0 Å². The largest absolute Gasteiger partial charge is 0.481 e. The van der Waals surface area contributed by atoms with E-state index in [9.17, 15) is 9.18 Å². The first kappa shape index (κ1) is 16.0. The van der Waals surface area contributed by atoms with Crippen LogP contribution in [0.1, 0.15) is 32.3 Å². The van der Waals surface area contributed by atoms with Gasteiger partial charge in [0.1, 0.15) is 11.6 Å². The second-order valence-electron chi connectivity index (χ2n) is 5.49. The van der Waals surface area contributed by atoms with Crippen molar-refractivity contribution in [1.29, 1.82) is 0 Å². The van der Waals surface area contributed by atoms with E-state index >= 15 is 0 Å². The zero-order chi connectivity index (χ0) is 16.1. The topological polar surface area (TPSA) is 38.3 Å². The molecule has 2 rings (SSSR count). The third-order valence-electron chi connectivity index (χ3n) is 3.30. The number of hydrogen-bond donors (Lipinski definition) is 1. The lowest BCUT2D eigenvalue weighted by molar-refractivity contribution is -0.122. The van der Waals surface area contributed by atoms with Gasteiger partial charge in [-0.2, -0.15) is 0 Å². The molecule has 1 amide bonds. The van der Waals surface area contributed by atoms with Crippen molar-refractivity contribution in [2.75, 3.05) is 5.32 Å². The monoisotopic (exact) mass is 301 g/mol. The first-order valence-corrected chi connectivity index (χ1v) is 7.29. The van der Waals surface area contributed by atoms with E-state index in [-0.39, 0.29) is 5.91 Å². The molecule has 3 nitrogen and oxygen atoms in total. The Morgan fingerprint density at radius 1 is 1.09 bits per heavy atom. The molecule has 1 N–H and O–H groups in total. The van der Waals surface area contributed by atoms with E-state index in [2.05, 4.69) is 19.2 Å². The molecule has 0 aliphatic heterocycles. The Bertz CT molecular complexity index is 655. The fourth-order valence-corrected chi connectivity index (χ4v) is 2.01. The molecular weight excluding hydrogens is 281 g/mol. The zero-order valence-electron chi connectivity index (χ0n) is 13.0. The van der Waals surface area contributed by atoms with Gasteiger partial charge < -0.3 is 10.1 Å². The van der Waals surface area contributed by atoms with Gasteiger partial charge in [0, 0.05) is 5.69 Å². The second-order valence-corrected chi connectivity index (χ2v) is 5.49. The maximum atomic E-state index is 13.1. The molecule has 0 fully saturated rings. The van der Waals surface area contributed by atoms with E-state index in [1.807, 2.05) is 24.3 Å². The lowest BCUT2D eigenvalue weighted by atomic mass is 10.0. The number of hydrogen-bond acceptors (Lipinski definition) is 2. The van der Waals surface area contributed by atoms with E-state index in [1.165, 1.54) is 12.1 Å². The van der Waals surface area contributed by atoms with Crippen LogP contribution in [-0.2, 0) is 4.79 Å². The van der Waals surface area contributed by atoms with Gasteiger partial charge in [0.05, 0.1) is 0 Å². The smallest absolute Gasteiger partial charge is 0.265 e. The molecule has 116 valence electrons. The second kappa shape index (κ2) is 7.07. The number of carbonyl (C=O) groups excluding carboxylic acids is 1. The van der Waals surface area contributed by atoms with Crippen molar-refractivity contribution in [3.8, 4) is 5.75 Å². The molecule has 0 bridgehead atoms. The predicted molar refractivity (Wildman–Crippen MR) is 85.7 cm³/mol. The lowest BCUT2D eigenvalue weighted by Crippen LogP contribution is -2.30. The van der Waals surface area contributed by atoms with Crippen LogP contribution in [0.25, 0.3) is 0 Å². The van der Waals surface area contributed by atoms with E-state index in [0.717, 1.165) is 5.56 Å². The molecule has 22 heavy (non-hydrogen) atoms. The summed E-state index contributed by atoms with van der Waals surface area (Å²) in [6.45, 7) is 5.86. The third kappa shape index (κ3) is 4.32. The standard InChI is InChI=1S/C18H20FNO2/c1-12(2)14-6-4-9-17(10-14)22-13(3)18(21)20-16-8-5-7-15(19)11-16/h4-13H,1-3H3,(H,20,21). The number of halogens is 1. The summed E-state index contributed by atoms with van der Waals surface area (Å²) < 4.78 is 18.8. The summed E-state index contributed by atoms with van der Waals surface area (Å²) in [5.74, 6) is 0.324. The maximum Gasteiger partial charge on any atom is 0.265 e. The Balaban J connectivity index is 2.00. The molecule has 2 aromatic carbocycles. The molecule has 0 saturated heterocycles. The molecule has 0 saturated carbocycles. The van der Waals surface area contributed by atoms with Crippen molar-refractivity contribution in [3.63, 3.8) is 0 Å². The maximum absolute atomic E-state index is 13.1. The van der Waals surface area contributed by atoms with Crippen LogP contribution >= 0.6 is 0 Å². The van der Waals surface area contributed by atoms with Crippen LogP contribution in [-0.4, -0.2) is 12.0 Å². The van der Waals surface area contributed by atoms with Crippen LogP contribution < -0.4 is 10.1 Å². The Kier molecular flexibility index (Phi) is 5.15. The number of anilines is 1. The Hall–Kier alpha value is -2.36. The molecule has 0 aliphatic carbocycles. The van der Waals surface area contributed by atoms with Crippen molar-refractivity contribution in [1.82, 2.24) is 0 Å². The van der Waals surface area contributed by atoms with Crippen molar-refractivity contribution in [2.24, 2.45) is 0 Å². The molecule has 0 radical (unpaired) electrons. The van der Waals surface area contributed by atoms with Gasteiger partial charge in [0.25, 0.3) is 5.91 Å². The molecule has 0 heterocycles. The minimum Gasteiger partial charge on any atom is -0.481 e. The van der Waals surface area contributed by atoms with E-state index in [4.69, 9.17) is 4.74 Å². The lowest BCUT2D eigenvalue weighted by Gasteiger charge is -2.16. The van der Waals surface area contributed by atoms with E-state index in [0.29, 0.717) is 17.4 Å². The molecule has 0 spiro atoms. The summed E-state index contributed by atoms with van der Waals surface area (Å²) in [5, 5.41) is 2.64. The average molecular weight is 301 g/mol. The Morgan fingerprint density at radius 2 is 1.82 bits per heavy atom. The zero-order valence-corrected chi connectivity index (χ0v) is 13.0. The summed E-state index contributed by atoms with van der Waals surface area (Å²) in [6.07, 6.45) is -0.675. The molecule has 2 aromatic rings. The van der Waals surface area contributed by atoms with Gasteiger partial charge in [0.15, 0.2) is 6.10 Å². The van der Waals surface area contributed by atoms with Crippen LogP contribution in [0.3, 0.4) is 0 Å². The van der Waals surface area contributed by atoms with Crippen LogP contribution in [0.5, 0.6) is 5.75 Å². The predicted octanol–water partition coefficient (Wildman–Crippen LogP) is 4.36. The van der Waals surface area contributed by atoms with E-state index < -0.39 is 11.9 Å². The van der Waals surface area contributed by atoms with Crippen LogP contribution in [0.15, 0.2) is 48.5 Å². The molecule has 0 aliphatic rings. The highest BCUT2D eigenvalue weighted by Gasteiger charge is 2.15. The molecule has 1 unspecified atom stereocenters. The van der Waals surface area contributed by atoms with Gasteiger partial charge in [-0.25, -0.2) is 4.39 Å². The first-order chi connectivity index (χ1) is 10.5. The number of carbonyl (C=O) groups is 1. The van der Waals surface area contributed by atoms with Crippen molar-refractivity contribution < 1.29 is 13.9 Å². The molecular formula is C18H20FNO2. The number of nitrogens with one attached hydrogen (secondary N) is 1. The van der Waals surface area contributed by atoms with Crippen LogP contribution in [0, 0.1) is 5.82 Å². The van der Waals surface area contributed by atoms with Crippen molar-refractivity contribution in [2.45, 2.75) is 32.8 Å². The Labute approximate surface area is 130 Å². The van der Waals surface area contributed by atoms with Gasteiger partial charge in [-0.15, -0.1) is 0 Å². The molecule has 0 aromatic heterocycles. The van der Waals surface area contributed by atoms with Crippen molar-refractivity contribution in [3.05, 3.63) is 59.9 Å². The van der Waals surface area contributed by atoms with Gasteiger partial charge in [-0.05, 0) is 48.7 Å². The highest BCUT2D eigenvalue weighted by molar-refractivity contribution is 5.94. The quantitative estimate of drug-likeness (QED) is 0.891. The number of ether oxygens (including phenoxy) is 1. The van der Waals surface area contributed by atoms with E-state index in [1.54, 1.807) is 19.1 Å². The summed E-state index contributed by atoms with van der Waals surface area (Å²) in [4.78, 5) is 12.1. The van der Waals surface area contributed by atoms with Crippen LogP contribution in [0.2, 0.25) is 0 Å². The van der Waals surface area contributed by atoms with Gasteiger partial charge in [0.2, 0.25) is 0 Å². The summed E-state index contributed by atoms with van der Waals surface area (Å²) in [6, 6.07) is 13.4. The summed E-state index contributed by atoms with van der Waals surface area (Å²) >= 11 is 0. The number of amides is 1. The number of benzene rings is 2. The minimum atomic E-state index is -0.675. The SMILES string of the molecule is CC(Oc1cccc(C(C)C)c1)C(=O)Nc1cccc(F)c1. The molecule has 4 heteroatoms. The van der Waals surface area contributed by atoms with Crippen LogP contribution in [0.4, 0.5) is 10.1 Å². The number of rotatable bonds is 5. The minimum absolute atomic E-state index is 0.319. The molecule has 1 atom stereocenters. The fraction of sp³-hybridized carbons (Fsp3) is 0.278. The first-order valence-electron chi connectivity index (χ1n) is 7.29. The summed E-state index contributed by atoms with van der Waals surface area (Å²) in [5.41, 5.74) is 1.56. The van der Waals surface area contributed by atoms with Gasteiger partial charge in [-0.3, -0.25) is 4.79 Å². The fourth-order valence-electron chi connectivity index (χ4n) is 2.01.